The number of nitrogen functional groups attached to an aromatic ring is 2. The molecule has 0 aliphatic heterocycles. The summed E-state index contributed by atoms with van der Waals surface area (Å²) in [5.74, 6) is 0.469. The van der Waals surface area contributed by atoms with E-state index in [2.05, 4.69) is 20.9 Å². The second kappa shape index (κ2) is 2.23. The molecule has 0 atom stereocenters. The molecule has 0 amide bonds. The van der Waals surface area contributed by atoms with E-state index in [9.17, 15) is 0 Å². The first-order valence-electron chi connectivity index (χ1n) is 2.36. The Labute approximate surface area is 61.2 Å². The van der Waals surface area contributed by atoms with Crippen molar-refractivity contribution in [2.45, 2.75) is 0 Å². The molecule has 4 N–H and O–H groups in total. The summed E-state index contributed by atoms with van der Waals surface area (Å²) in [5.41, 5.74) is 11.4. The van der Waals surface area contributed by atoms with E-state index in [4.69, 9.17) is 11.5 Å². The van der Waals surface area contributed by atoms with Crippen LogP contribution in [0.4, 0.5) is 11.5 Å². The Balaban J connectivity index is 3.17. The number of aromatic nitrogens is 1. The Morgan fingerprint density at radius 3 is 2.56 bits per heavy atom. The lowest BCUT2D eigenvalue weighted by atomic mass is 10.4. The molecule has 9 heavy (non-hydrogen) atoms. The van der Waals surface area contributed by atoms with Gasteiger partial charge in [-0.3, -0.25) is 0 Å². The average Bonchev–Trinajstić information content (AvgIpc) is 1.80. The number of rotatable bonds is 0. The fraction of sp³-hybridized carbons (Fsp3) is 0. The number of pyridine rings is 1. The minimum Gasteiger partial charge on any atom is -0.397 e. The molecule has 1 rings (SSSR count). The maximum atomic E-state index is 5.42. The molecule has 4 heteroatoms. The third-order valence-corrected chi connectivity index (χ3v) is 1.59. The van der Waals surface area contributed by atoms with E-state index in [1.165, 1.54) is 6.20 Å². The van der Waals surface area contributed by atoms with E-state index in [1.54, 1.807) is 6.07 Å². The van der Waals surface area contributed by atoms with Gasteiger partial charge in [0.25, 0.3) is 0 Å². The van der Waals surface area contributed by atoms with E-state index >= 15 is 0 Å². The first-order valence-corrected chi connectivity index (χ1v) is 3.16. The van der Waals surface area contributed by atoms with Gasteiger partial charge in [-0.25, -0.2) is 4.98 Å². The Morgan fingerprint density at radius 1 is 1.44 bits per heavy atom. The molecule has 1 aromatic heterocycles. The van der Waals surface area contributed by atoms with Crippen LogP contribution in [0.25, 0.3) is 0 Å². The molecule has 0 fully saturated rings. The zero-order chi connectivity index (χ0) is 6.85. The highest BCUT2D eigenvalue weighted by Crippen LogP contribution is 2.18. The van der Waals surface area contributed by atoms with E-state index in [0.717, 1.165) is 4.47 Å². The summed E-state index contributed by atoms with van der Waals surface area (Å²) in [6, 6.07) is 1.66. The third kappa shape index (κ3) is 1.32. The van der Waals surface area contributed by atoms with Crippen molar-refractivity contribution in [2.75, 3.05) is 11.5 Å². The topological polar surface area (TPSA) is 64.9 Å². The Morgan fingerprint density at radius 2 is 2.11 bits per heavy atom. The zero-order valence-corrected chi connectivity index (χ0v) is 6.22. The highest BCUT2D eigenvalue weighted by molar-refractivity contribution is 9.10. The average molecular weight is 188 g/mol. The lowest BCUT2D eigenvalue weighted by Gasteiger charge is -1.95. The predicted molar refractivity (Wildman–Crippen MR) is 40.8 cm³/mol. The van der Waals surface area contributed by atoms with E-state index < -0.39 is 0 Å². The van der Waals surface area contributed by atoms with Crippen LogP contribution in [-0.2, 0) is 0 Å². The number of anilines is 2. The van der Waals surface area contributed by atoms with Gasteiger partial charge >= 0.3 is 0 Å². The monoisotopic (exact) mass is 187 g/mol. The minimum atomic E-state index is 0.469. The van der Waals surface area contributed by atoms with Crippen molar-refractivity contribution in [1.29, 1.82) is 0 Å². The highest BCUT2D eigenvalue weighted by Gasteiger charge is 1.93. The second-order valence-electron chi connectivity index (χ2n) is 1.63. The second-order valence-corrected chi connectivity index (χ2v) is 2.49. The molecule has 0 saturated carbocycles. The summed E-state index contributed by atoms with van der Waals surface area (Å²) in [4.78, 5) is 3.76. The van der Waals surface area contributed by atoms with E-state index in [1.807, 2.05) is 0 Å². The fourth-order valence-corrected chi connectivity index (χ4v) is 0.793. The maximum Gasteiger partial charge on any atom is 0.124 e. The van der Waals surface area contributed by atoms with Gasteiger partial charge in [-0.05, 0) is 22.0 Å². The summed E-state index contributed by atoms with van der Waals surface area (Å²) < 4.78 is 0.787. The number of nitrogens with two attached hydrogens (primary N) is 2. The third-order valence-electron chi connectivity index (χ3n) is 0.903. The summed E-state index contributed by atoms with van der Waals surface area (Å²) in [7, 11) is 0. The quantitative estimate of drug-likeness (QED) is 0.638. The molecule has 48 valence electrons. The van der Waals surface area contributed by atoms with Gasteiger partial charge in [-0.15, -0.1) is 0 Å². The lowest BCUT2D eigenvalue weighted by molar-refractivity contribution is 1.33. The molecule has 0 saturated heterocycles. The number of nitrogens with zero attached hydrogens (tertiary/aromatic N) is 1. The maximum absolute atomic E-state index is 5.42. The Kier molecular flexibility index (Phi) is 1.57. The standard InChI is InChI=1S/C5H6BrN3/c6-3-1-5(8)9-2-4(3)7/h1-2H,7H2,(H2,8,9). The van der Waals surface area contributed by atoms with Crippen LogP contribution in [0, 0.1) is 0 Å². The molecule has 3 nitrogen and oxygen atoms in total. The summed E-state index contributed by atoms with van der Waals surface area (Å²) in [6.07, 6.45) is 1.51. The highest BCUT2D eigenvalue weighted by atomic mass is 79.9. The molecule has 1 aromatic rings. The first kappa shape index (κ1) is 6.35. The smallest absolute Gasteiger partial charge is 0.124 e. The molecular weight excluding hydrogens is 182 g/mol. The normalized spacial score (nSPS) is 9.44. The molecule has 0 bridgehead atoms. The van der Waals surface area contributed by atoms with Gasteiger partial charge in [0.1, 0.15) is 5.82 Å². The van der Waals surface area contributed by atoms with Crippen LogP contribution >= 0.6 is 15.9 Å². The molecule has 0 unspecified atom stereocenters. The van der Waals surface area contributed by atoms with Crippen molar-refractivity contribution in [1.82, 2.24) is 4.98 Å². The molecule has 0 aliphatic carbocycles. The van der Waals surface area contributed by atoms with Crippen molar-refractivity contribution in [3.63, 3.8) is 0 Å². The molecule has 1 heterocycles. The van der Waals surface area contributed by atoms with Gasteiger partial charge in [0.2, 0.25) is 0 Å². The van der Waals surface area contributed by atoms with Gasteiger partial charge in [-0.1, -0.05) is 0 Å². The van der Waals surface area contributed by atoms with Crippen LogP contribution in [0.15, 0.2) is 16.7 Å². The predicted octanol–water partition coefficient (Wildman–Crippen LogP) is 1.01. The van der Waals surface area contributed by atoms with Gasteiger partial charge in [-0.2, -0.15) is 0 Å². The van der Waals surface area contributed by atoms with Crippen LogP contribution in [-0.4, -0.2) is 4.98 Å². The number of halogens is 1. The van der Waals surface area contributed by atoms with Crippen molar-refractivity contribution in [3.8, 4) is 0 Å². The zero-order valence-electron chi connectivity index (χ0n) is 4.63. The van der Waals surface area contributed by atoms with Crippen LogP contribution in [0.3, 0.4) is 0 Å². The Bertz CT molecular complexity index is 223. The van der Waals surface area contributed by atoms with Crippen molar-refractivity contribution in [3.05, 3.63) is 16.7 Å². The van der Waals surface area contributed by atoms with Crippen molar-refractivity contribution in [2.24, 2.45) is 0 Å². The Hall–Kier alpha value is -0.770. The molecular formula is C5H6BrN3. The van der Waals surface area contributed by atoms with Crippen LogP contribution < -0.4 is 11.5 Å². The van der Waals surface area contributed by atoms with E-state index in [0.29, 0.717) is 11.5 Å². The molecule has 0 aromatic carbocycles. The van der Waals surface area contributed by atoms with Crippen LogP contribution in [0.5, 0.6) is 0 Å². The van der Waals surface area contributed by atoms with Crippen molar-refractivity contribution >= 4 is 27.4 Å². The molecule has 0 aliphatic rings. The first-order chi connectivity index (χ1) is 4.20. The van der Waals surface area contributed by atoms with Gasteiger partial charge < -0.3 is 11.5 Å². The molecule has 0 radical (unpaired) electrons. The van der Waals surface area contributed by atoms with Gasteiger partial charge in [0, 0.05) is 4.47 Å². The molecule has 0 spiro atoms. The summed E-state index contributed by atoms with van der Waals surface area (Å²) >= 11 is 3.20. The minimum absolute atomic E-state index is 0.469. The summed E-state index contributed by atoms with van der Waals surface area (Å²) in [6.45, 7) is 0. The summed E-state index contributed by atoms with van der Waals surface area (Å²) in [5, 5.41) is 0. The van der Waals surface area contributed by atoms with Crippen molar-refractivity contribution < 1.29 is 0 Å². The number of hydrogen-bond donors (Lipinski definition) is 2. The van der Waals surface area contributed by atoms with Gasteiger partial charge in [0.05, 0.1) is 11.9 Å². The largest absolute Gasteiger partial charge is 0.397 e. The van der Waals surface area contributed by atoms with E-state index in [-0.39, 0.29) is 0 Å². The van der Waals surface area contributed by atoms with Crippen LogP contribution in [0.1, 0.15) is 0 Å². The number of hydrogen-bond acceptors (Lipinski definition) is 3. The van der Waals surface area contributed by atoms with Crippen LogP contribution in [0.2, 0.25) is 0 Å². The fourth-order valence-electron chi connectivity index (χ4n) is 0.456. The van der Waals surface area contributed by atoms with Gasteiger partial charge in [0.15, 0.2) is 0 Å². The SMILES string of the molecule is Nc1cc(Br)c(N)cn1. The lowest BCUT2D eigenvalue weighted by Crippen LogP contribution is -1.92.